The lowest BCUT2D eigenvalue weighted by Crippen LogP contribution is -2.41. The highest BCUT2D eigenvalue weighted by molar-refractivity contribution is 6.00. The van der Waals surface area contributed by atoms with Crippen molar-refractivity contribution >= 4 is 17.5 Å². The highest BCUT2D eigenvalue weighted by Gasteiger charge is 2.36. The third-order valence-corrected chi connectivity index (χ3v) is 5.22. The second kappa shape index (κ2) is 7.24. The summed E-state index contributed by atoms with van der Waals surface area (Å²) in [5.74, 6) is 1.23. The van der Waals surface area contributed by atoms with E-state index in [2.05, 4.69) is 12.2 Å². The normalized spacial score (nSPS) is 27.2. The van der Waals surface area contributed by atoms with Gasteiger partial charge < -0.3 is 15.0 Å². The maximum absolute atomic E-state index is 12.5. The summed E-state index contributed by atoms with van der Waals surface area (Å²) in [4.78, 5) is 26.5. The minimum Gasteiger partial charge on any atom is -0.497 e. The maximum atomic E-state index is 12.5. The largest absolute Gasteiger partial charge is 0.497 e. The second-order valence-corrected chi connectivity index (χ2v) is 7.07. The number of hydrogen-bond acceptors (Lipinski definition) is 3. The zero-order chi connectivity index (χ0) is 17.1. The topological polar surface area (TPSA) is 58.6 Å². The highest BCUT2D eigenvalue weighted by Crippen LogP contribution is 2.29. The van der Waals surface area contributed by atoms with Gasteiger partial charge in [0.2, 0.25) is 11.8 Å². The summed E-state index contributed by atoms with van der Waals surface area (Å²) in [6.07, 6.45) is 4.72. The molecule has 1 aromatic carbocycles. The first-order valence-corrected chi connectivity index (χ1v) is 8.81. The van der Waals surface area contributed by atoms with Crippen LogP contribution in [0.15, 0.2) is 24.3 Å². The molecule has 1 aromatic rings. The van der Waals surface area contributed by atoms with Crippen molar-refractivity contribution in [3.8, 4) is 5.75 Å². The van der Waals surface area contributed by atoms with Crippen molar-refractivity contribution in [3.63, 3.8) is 0 Å². The van der Waals surface area contributed by atoms with Crippen LogP contribution in [0.2, 0.25) is 0 Å². The van der Waals surface area contributed by atoms with Gasteiger partial charge in [0.1, 0.15) is 5.75 Å². The fraction of sp³-hybridized carbons (Fsp3) is 0.579. The summed E-state index contributed by atoms with van der Waals surface area (Å²) < 4.78 is 5.22. The number of carbonyl (C=O) groups is 2. The highest BCUT2D eigenvalue weighted by atomic mass is 16.5. The lowest BCUT2D eigenvalue weighted by atomic mass is 9.87. The van der Waals surface area contributed by atoms with Gasteiger partial charge in [-0.3, -0.25) is 9.59 Å². The molecule has 1 atom stereocenters. The van der Waals surface area contributed by atoms with Gasteiger partial charge in [-0.1, -0.05) is 13.0 Å². The van der Waals surface area contributed by atoms with Gasteiger partial charge in [0, 0.05) is 30.8 Å². The van der Waals surface area contributed by atoms with E-state index < -0.39 is 0 Å². The summed E-state index contributed by atoms with van der Waals surface area (Å²) in [6.45, 7) is 2.71. The Kier molecular flexibility index (Phi) is 5.07. The number of carbonyl (C=O) groups excluding carboxylic acids is 2. The molecular formula is C19H26N2O3. The van der Waals surface area contributed by atoms with Crippen LogP contribution in [0, 0.1) is 11.8 Å². The van der Waals surface area contributed by atoms with E-state index in [9.17, 15) is 9.59 Å². The Labute approximate surface area is 143 Å². The molecule has 0 aromatic heterocycles. The van der Waals surface area contributed by atoms with Crippen molar-refractivity contribution in [2.75, 3.05) is 18.6 Å². The Balaban J connectivity index is 1.60. The van der Waals surface area contributed by atoms with Crippen molar-refractivity contribution in [1.29, 1.82) is 0 Å². The number of methoxy groups -OCH3 is 1. The number of amides is 2. The summed E-state index contributed by atoms with van der Waals surface area (Å²) in [5, 5.41) is 3.15. The molecule has 2 fully saturated rings. The summed E-state index contributed by atoms with van der Waals surface area (Å²) >= 11 is 0. The van der Waals surface area contributed by atoms with Crippen LogP contribution in [-0.4, -0.2) is 31.5 Å². The Hall–Kier alpha value is -2.04. The standard InChI is InChI=1S/C19H26N2O3/c1-13-6-8-15(9-7-13)20-19(23)14-10-18(22)21(12-14)16-4-3-5-17(11-16)24-2/h3-5,11,13-15H,6-10,12H2,1-2H3,(H,20,23)/t13?,14-,15?/m0/s1. The first-order chi connectivity index (χ1) is 11.6. The van der Waals surface area contributed by atoms with Crippen LogP contribution in [0.1, 0.15) is 39.0 Å². The summed E-state index contributed by atoms with van der Waals surface area (Å²) in [7, 11) is 1.60. The van der Waals surface area contributed by atoms with Gasteiger partial charge in [-0.2, -0.15) is 0 Å². The van der Waals surface area contributed by atoms with Crippen molar-refractivity contribution < 1.29 is 14.3 Å². The predicted molar refractivity (Wildman–Crippen MR) is 93.0 cm³/mol. The smallest absolute Gasteiger partial charge is 0.227 e. The molecule has 5 heteroatoms. The van der Waals surface area contributed by atoms with E-state index in [1.165, 1.54) is 12.8 Å². The Morgan fingerprint density at radius 2 is 2.00 bits per heavy atom. The molecule has 3 rings (SSSR count). The molecule has 0 unspecified atom stereocenters. The Morgan fingerprint density at radius 3 is 2.71 bits per heavy atom. The third kappa shape index (κ3) is 3.71. The van der Waals surface area contributed by atoms with Crippen LogP contribution in [0.4, 0.5) is 5.69 Å². The van der Waals surface area contributed by atoms with Crippen LogP contribution in [-0.2, 0) is 9.59 Å². The summed E-state index contributed by atoms with van der Waals surface area (Å²) in [6, 6.07) is 7.69. The van der Waals surface area contributed by atoms with Gasteiger partial charge in [0.25, 0.3) is 0 Å². The molecule has 2 aliphatic rings. The molecule has 1 saturated heterocycles. The van der Waals surface area contributed by atoms with Gasteiger partial charge >= 0.3 is 0 Å². The van der Waals surface area contributed by atoms with Crippen LogP contribution < -0.4 is 15.0 Å². The fourth-order valence-electron chi connectivity index (χ4n) is 3.63. The van der Waals surface area contributed by atoms with Crippen molar-refractivity contribution in [1.82, 2.24) is 5.32 Å². The molecule has 1 N–H and O–H groups in total. The quantitative estimate of drug-likeness (QED) is 0.923. The van der Waals surface area contributed by atoms with Gasteiger partial charge in [-0.05, 0) is 43.7 Å². The van der Waals surface area contributed by atoms with Gasteiger partial charge in [0.15, 0.2) is 0 Å². The molecule has 2 amide bonds. The molecule has 1 aliphatic heterocycles. The van der Waals surface area contributed by atoms with E-state index in [1.807, 2.05) is 24.3 Å². The molecule has 5 nitrogen and oxygen atoms in total. The van der Waals surface area contributed by atoms with Gasteiger partial charge in [-0.25, -0.2) is 0 Å². The average Bonchev–Trinajstić information content (AvgIpc) is 2.99. The number of nitrogens with one attached hydrogen (secondary N) is 1. The monoisotopic (exact) mass is 330 g/mol. The van der Waals surface area contributed by atoms with Crippen LogP contribution in [0.3, 0.4) is 0 Å². The first-order valence-electron chi connectivity index (χ1n) is 8.81. The van der Waals surface area contributed by atoms with Crippen molar-refractivity contribution in [2.24, 2.45) is 11.8 Å². The van der Waals surface area contributed by atoms with Crippen LogP contribution >= 0.6 is 0 Å². The number of nitrogens with zero attached hydrogens (tertiary/aromatic N) is 1. The Morgan fingerprint density at radius 1 is 1.25 bits per heavy atom. The van der Waals surface area contributed by atoms with E-state index >= 15 is 0 Å². The maximum Gasteiger partial charge on any atom is 0.227 e. The van der Waals surface area contributed by atoms with Gasteiger partial charge in [0.05, 0.1) is 13.0 Å². The Bertz CT molecular complexity index is 608. The number of benzene rings is 1. The number of hydrogen-bond donors (Lipinski definition) is 1. The molecule has 1 aliphatic carbocycles. The zero-order valence-electron chi connectivity index (χ0n) is 14.5. The van der Waals surface area contributed by atoms with E-state index in [1.54, 1.807) is 12.0 Å². The van der Waals surface area contributed by atoms with Crippen molar-refractivity contribution in [2.45, 2.75) is 45.1 Å². The zero-order valence-corrected chi connectivity index (χ0v) is 14.5. The van der Waals surface area contributed by atoms with E-state index in [0.29, 0.717) is 12.3 Å². The molecule has 0 spiro atoms. The third-order valence-electron chi connectivity index (χ3n) is 5.22. The number of rotatable bonds is 4. The van der Waals surface area contributed by atoms with Crippen molar-refractivity contribution in [3.05, 3.63) is 24.3 Å². The molecule has 1 saturated carbocycles. The molecular weight excluding hydrogens is 304 g/mol. The summed E-state index contributed by atoms with van der Waals surface area (Å²) in [5.41, 5.74) is 0.793. The lowest BCUT2D eigenvalue weighted by molar-refractivity contribution is -0.127. The molecule has 130 valence electrons. The number of ether oxygens (including phenoxy) is 1. The molecule has 0 radical (unpaired) electrons. The molecule has 24 heavy (non-hydrogen) atoms. The molecule has 1 heterocycles. The van der Waals surface area contributed by atoms with E-state index in [0.717, 1.165) is 24.4 Å². The van der Waals surface area contributed by atoms with Gasteiger partial charge in [-0.15, -0.1) is 0 Å². The van der Waals surface area contributed by atoms with E-state index in [-0.39, 0.29) is 30.2 Å². The molecule has 0 bridgehead atoms. The fourth-order valence-corrected chi connectivity index (χ4v) is 3.63. The predicted octanol–water partition coefficient (Wildman–Crippen LogP) is 2.74. The second-order valence-electron chi connectivity index (χ2n) is 7.07. The van der Waals surface area contributed by atoms with E-state index in [4.69, 9.17) is 4.74 Å². The lowest BCUT2D eigenvalue weighted by Gasteiger charge is -2.27. The minimum absolute atomic E-state index is 0.000620. The first kappa shape index (κ1) is 16.8. The average molecular weight is 330 g/mol. The van der Waals surface area contributed by atoms with Crippen LogP contribution in [0.25, 0.3) is 0 Å². The minimum atomic E-state index is -0.261. The van der Waals surface area contributed by atoms with Crippen LogP contribution in [0.5, 0.6) is 5.75 Å². The number of anilines is 1. The SMILES string of the molecule is COc1cccc(N2C[C@@H](C(=O)NC3CCC(C)CC3)CC2=O)c1.